The zero-order valence-electron chi connectivity index (χ0n) is 18.3. The SMILES string of the molecule is O=c1c(O[C@H]2O[C@H](CO)[C@@H](O)[C@@H](OS(=O)(=O)O)[C@H]2O)c(-c2ccc(O)c(O)c2)oc2cc(O)cc(O)c12. The van der Waals surface area contributed by atoms with Crippen molar-refractivity contribution in [1.29, 1.82) is 0 Å². The summed E-state index contributed by atoms with van der Waals surface area (Å²) >= 11 is 0. The van der Waals surface area contributed by atoms with Gasteiger partial charge in [-0.05, 0) is 18.2 Å². The fraction of sp³-hybridized carbons (Fsp3) is 0.286. The Hall–Kier alpha value is -3.64. The number of phenolic OH excluding ortho intramolecular Hbond substituents is 4. The third-order valence-corrected chi connectivity index (χ3v) is 5.91. The Labute approximate surface area is 206 Å². The molecule has 1 aromatic heterocycles. The average Bonchev–Trinajstić information content (AvgIpc) is 2.80. The first-order valence-electron chi connectivity index (χ1n) is 10.3. The van der Waals surface area contributed by atoms with Gasteiger partial charge in [-0.15, -0.1) is 0 Å². The summed E-state index contributed by atoms with van der Waals surface area (Å²) in [5.74, 6) is -3.61. The normalized spacial score (nSPS) is 24.3. The maximum absolute atomic E-state index is 13.4. The van der Waals surface area contributed by atoms with E-state index in [1.165, 1.54) is 6.07 Å². The first-order valence-corrected chi connectivity index (χ1v) is 11.7. The van der Waals surface area contributed by atoms with Gasteiger partial charge >= 0.3 is 10.4 Å². The van der Waals surface area contributed by atoms with Gasteiger partial charge in [0.15, 0.2) is 17.3 Å². The Morgan fingerprint density at radius 1 is 0.946 bits per heavy atom. The lowest BCUT2D eigenvalue weighted by molar-refractivity contribution is -0.272. The van der Waals surface area contributed by atoms with Crippen LogP contribution in [0.4, 0.5) is 0 Å². The Morgan fingerprint density at radius 3 is 2.27 bits per heavy atom. The number of ether oxygens (including phenoxy) is 2. The summed E-state index contributed by atoms with van der Waals surface area (Å²) in [4.78, 5) is 13.4. The fourth-order valence-corrected chi connectivity index (χ4v) is 4.26. The molecule has 37 heavy (non-hydrogen) atoms. The van der Waals surface area contributed by atoms with Gasteiger partial charge in [-0.2, -0.15) is 8.42 Å². The van der Waals surface area contributed by atoms with Gasteiger partial charge in [0.05, 0.1) is 6.61 Å². The molecule has 0 spiro atoms. The first kappa shape index (κ1) is 26.4. The van der Waals surface area contributed by atoms with Gasteiger partial charge in [0.25, 0.3) is 0 Å². The van der Waals surface area contributed by atoms with E-state index in [0.717, 1.165) is 24.3 Å². The Balaban J connectivity index is 1.89. The molecule has 0 bridgehead atoms. The third kappa shape index (κ3) is 5.12. The molecule has 2 heterocycles. The van der Waals surface area contributed by atoms with Gasteiger partial charge in [-0.1, -0.05) is 0 Å². The molecule has 1 aliphatic heterocycles. The van der Waals surface area contributed by atoms with E-state index in [1.54, 1.807) is 0 Å². The van der Waals surface area contributed by atoms with E-state index in [-0.39, 0.29) is 11.1 Å². The first-order chi connectivity index (χ1) is 17.3. The topological polar surface area (TPSA) is 254 Å². The number of benzene rings is 2. The van der Waals surface area contributed by atoms with Crippen molar-refractivity contribution < 1.29 is 66.8 Å². The van der Waals surface area contributed by atoms with Crippen molar-refractivity contribution in [2.45, 2.75) is 30.7 Å². The molecule has 15 nitrogen and oxygen atoms in total. The van der Waals surface area contributed by atoms with Crippen LogP contribution < -0.4 is 10.2 Å². The van der Waals surface area contributed by atoms with Crippen LogP contribution in [-0.2, 0) is 19.3 Å². The van der Waals surface area contributed by atoms with Gasteiger partial charge in [0.2, 0.25) is 17.5 Å². The molecule has 8 N–H and O–H groups in total. The van der Waals surface area contributed by atoms with Crippen molar-refractivity contribution in [3.8, 4) is 40.1 Å². The zero-order valence-corrected chi connectivity index (χ0v) is 19.1. The zero-order chi connectivity index (χ0) is 27.2. The Kier molecular flexibility index (Phi) is 6.91. The highest BCUT2D eigenvalue weighted by atomic mass is 32.3. The summed E-state index contributed by atoms with van der Waals surface area (Å²) in [7, 11) is -5.23. The maximum Gasteiger partial charge on any atom is 0.397 e. The van der Waals surface area contributed by atoms with Crippen molar-refractivity contribution in [3.63, 3.8) is 0 Å². The molecule has 0 radical (unpaired) electrons. The number of rotatable bonds is 6. The Morgan fingerprint density at radius 2 is 1.65 bits per heavy atom. The van der Waals surface area contributed by atoms with Crippen molar-refractivity contribution in [2.75, 3.05) is 6.61 Å². The minimum Gasteiger partial charge on any atom is -0.508 e. The van der Waals surface area contributed by atoms with Crippen molar-refractivity contribution in [3.05, 3.63) is 40.6 Å². The van der Waals surface area contributed by atoms with E-state index >= 15 is 0 Å². The van der Waals surface area contributed by atoms with Crippen LogP contribution in [-0.4, -0.2) is 86.0 Å². The van der Waals surface area contributed by atoms with Gasteiger partial charge < -0.3 is 49.6 Å². The van der Waals surface area contributed by atoms with Gasteiger partial charge in [0, 0.05) is 17.7 Å². The second-order valence-electron chi connectivity index (χ2n) is 7.94. The van der Waals surface area contributed by atoms with Crippen LogP contribution in [0.3, 0.4) is 0 Å². The molecule has 0 unspecified atom stereocenters. The van der Waals surface area contributed by atoms with Gasteiger partial charge in [-0.25, -0.2) is 4.18 Å². The highest BCUT2D eigenvalue weighted by molar-refractivity contribution is 7.80. The fourth-order valence-electron chi connectivity index (χ4n) is 3.75. The summed E-state index contributed by atoms with van der Waals surface area (Å²) in [6, 6.07) is 5.02. The molecule has 0 aliphatic carbocycles. The second kappa shape index (κ2) is 9.67. The summed E-state index contributed by atoms with van der Waals surface area (Å²) in [6.45, 7) is -0.940. The molecule has 2 aromatic carbocycles. The summed E-state index contributed by atoms with van der Waals surface area (Å²) in [6.07, 6.45) is -9.94. The number of fused-ring (bicyclic) bond motifs is 1. The van der Waals surface area contributed by atoms with Crippen LogP contribution in [0.15, 0.2) is 39.5 Å². The number of aliphatic hydroxyl groups excluding tert-OH is 3. The van der Waals surface area contributed by atoms with Crippen LogP contribution in [0.2, 0.25) is 0 Å². The Bertz CT molecular complexity index is 1500. The molecule has 3 aromatic rings. The lowest BCUT2D eigenvalue weighted by atomic mass is 9.99. The summed E-state index contributed by atoms with van der Waals surface area (Å²) in [5.41, 5.74) is -1.50. The predicted molar refractivity (Wildman–Crippen MR) is 119 cm³/mol. The van der Waals surface area contributed by atoms with Crippen molar-refractivity contribution in [2.24, 2.45) is 0 Å². The van der Waals surface area contributed by atoms with Gasteiger partial charge in [0.1, 0.15) is 46.9 Å². The molecule has 0 saturated carbocycles. The van der Waals surface area contributed by atoms with Crippen LogP contribution in [0.1, 0.15) is 0 Å². The number of phenols is 4. The van der Waals surface area contributed by atoms with E-state index in [4.69, 9.17) is 18.4 Å². The minimum atomic E-state index is -5.23. The highest BCUT2D eigenvalue weighted by Gasteiger charge is 2.49. The lowest BCUT2D eigenvalue weighted by Crippen LogP contribution is -2.61. The van der Waals surface area contributed by atoms with Crippen LogP contribution in [0.5, 0.6) is 28.7 Å². The van der Waals surface area contributed by atoms with Crippen LogP contribution >= 0.6 is 0 Å². The van der Waals surface area contributed by atoms with Crippen LogP contribution in [0.25, 0.3) is 22.3 Å². The molecule has 200 valence electrons. The monoisotopic (exact) mass is 544 g/mol. The summed E-state index contributed by atoms with van der Waals surface area (Å²) in [5, 5.41) is 69.4. The largest absolute Gasteiger partial charge is 0.508 e. The predicted octanol–water partition coefficient (Wildman–Crippen LogP) is -0.712. The average molecular weight is 544 g/mol. The van der Waals surface area contributed by atoms with E-state index < -0.39 is 93.0 Å². The lowest BCUT2D eigenvalue weighted by Gasteiger charge is -2.40. The van der Waals surface area contributed by atoms with Gasteiger partial charge in [-0.3, -0.25) is 9.35 Å². The van der Waals surface area contributed by atoms with E-state index in [9.17, 15) is 49.0 Å². The van der Waals surface area contributed by atoms with E-state index in [2.05, 4.69) is 4.18 Å². The highest BCUT2D eigenvalue weighted by Crippen LogP contribution is 2.39. The number of hydrogen-bond acceptors (Lipinski definition) is 14. The number of hydrogen-bond donors (Lipinski definition) is 8. The quantitative estimate of drug-likeness (QED) is 0.141. The minimum absolute atomic E-state index is 0.0816. The smallest absolute Gasteiger partial charge is 0.397 e. The molecule has 5 atom stereocenters. The standard InChI is InChI=1S/C21H20O15S/c22-6-13-15(27)19(36-37(30,31)32)17(29)21(34-13)35-20-16(28)14-11(26)4-8(23)5-12(14)33-18(20)7-1-2-9(24)10(25)3-7/h1-5,13,15,17,19,21-27,29H,6H2,(H,30,31,32)/t13-,15-,17-,19-,21-/m1/s1. The van der Waals surface area contributed by atoms with Crippen LogP contribution in [0, 0.1) is 0 Å². The molecule has 4 rings (SSSR count). The molecular formula is C21H20O15S. The van der Waals surface area contributed by atoms with Crippen molar-refractivity contribution in [1.82, 2.24) is 0 Å². The number of aliphatic hydroxyl groups is 3. The maximum atomic E-state index is 13.4. The molecule has 16 heteroatoms. The molecule has 1 saturated heterocycles. The van der Waals surface area contributed by atoms with E-state index in [1.807, 2.05) is 0 Å². The third-order valence-electron chi connectivity index (χ3n) is 5.44. The molecule has 1 aliphatic rings. The van der Waals surface area contributed by atoms with Crippen molar-refractivity contribution >= 4 is 21.4 Å². The number of aromatic hydroxyl groups is 4. The molecule has 0 amide bonds. The van der Waals surface area contributed by atoms with E-state index in [0.29, 0.717) is 0 Å². The second-order valence-corrected chi connectivity index (χ2v) is 8.99. The molecule has 1 fully saturated rings. The molecular weight excluding hydrogens is 524 g/mol. The summed E-state index contributed by atoms with van der Waals surface area (Å²) < 4.78 is 52.2.